The van der Waals surface area contributed by atoms with Gasteiger partial charge in [-0.1, -0.05) is 12.1 Å². The maximum Gasteiger partial charge on any atom is 0.196 e. The Balaban J connectivity index is 0.00000363. The molecule has 0 spiro atoms. The molecule has 2 aromatic heterocycles. The summed E-state index contributed by atoms with van der Waals surface area (Å²) in [5.74, 6) is 3.17. The number of ether oxygens (including phenoxy) is 2. The van der Waals surface area contributed by atoms with Gasteiger partial charge in [-0.05, 0) is 36.9 Å². The van der Waals surface area contributed by atoms with Crippen LogP contribution >= 0.6 is 35.3 Å². The van der Waals surface area contributed by atoms with Crippen molar-refractivity contribution in [3.8, 4) is 5.75 Å². The highest BCUT2D eigenvalue weighted by molar-refractivity contribution is 14.0. The Hall–Kier alpha value is -2.18. The van der Waals surface area contributed by atoms with Gasteiger partial charge in [0, 0.05) is 50.4 Å². The van der Waals surface area contributed by atoms with Gasteiger partial charge >= 0.3 is 0 Å². The molecule has 0 aliphatic rings. The SMILES string of the molecule is COCCCOc1cccc(NC(=NCc2nnc(C)n2C)NCCc2cccs2)c1.I. The summed E-state index contributed by atoms with van der Waals surface area (Å²) in [7, 11) is 3.64. The second-order valence-electron chi connectivity index (χ2n) is 6.99. The first-order valence-electron chi connectivity index (χ1n) is 10.3. The summed E-state index contributed by atoms with van der Waals surface area (Å²) in [6, 6.07) is 12.1. The smallest absolute Gasteiger partial charge is 0.196 e. The molecule has 3 aromatic rings. The number of hydrogen-bond acceptors (Lipinski definition) is 6. The molecule has 0 saturated heterocycles. The fraction of sp³-hybridized carbons (Fsp3) is 0.409. The monoisotopic (exact) mass is 570 g/mol. The van der Waals surface area contributed by atoms with Gasteiger partial charge in [-0.25, -0.2) is 4.99 Å². The van der Waals surface area contributed by atoms with Crippen LogP contribution in [0.2, 0.25) is 0 Å². The summed E-state index contributed by atoms with van der Waals surface area (Å²) >= 11 is 1.76. The highest BCUT2D eigenvalue weighted by atomic mass is 127. The van der Waals surface area contributed by atoms with E-state index < -0.39 is 0 Å². The van der Waals surface area contributed by atoms with E-state index in [1.807, 2.05) is 42.8 Å². The van der Waals surface area contributed by atoms with Crippen LogP contribution in [0.5, 0.6) is 5.75 Å². The van der Waals surface area contributed by atoms with Crippen molar-refractivity contribution in [3.05, 3.63) is 58.3 Å². The maximum absolute atomic E-state index is 5.81. The Morgan fingerprint density at radius 2 is 2.06 bits per heavy atom. The Bertz CT molecular complexity index is 961. The van der Waals surface area contributed by atoms with Crippen LogP contribution in [-0.4, -0.2) is 47.6 Å². The van der Waals surface area contributed by atoms with Crippen LogP contribution in [0.1, 0.15) is 22.9 Å². The zero-order chi connectivity index (χ0) is 21.9. The van der Waals surface area contributed by atoms with E-state index in [4.69, 9.17) is 14.5 Å². The van der Waals surface area contributed by atoms with Crippen molar-refractivity contribution in [1.29, 1.82) is 0 Å². The van der Waals surface area contributed by atoms with Gasteiger partial charge in [-0.15, -0.1) is 45.5 Å². The minimum atomic E-state index is 0. The summed E-state index contributed by atoms with van der Waals surface area (Å²) < 4.78 is 12.8. The molecule has 0 aliphatic heterocycles. The molecule has 32 heavy (non-hydrogen) atoms. The van der Waals surface area contributed by atoms with E-state index in [1.165, 1.54) is 4.88 Å². The van der Waals surface area contributed by atoms with Gasteiger partial charge in [0.1, 0.15) is 18.1 Å². The predicted molar refractivity (Wildman–Crippen MR) is 140 cm³/mol. The Morgan fingerprint density at radius 3 is 2.78 bits per heavy atom. The highest BCUT2D eigenvalue weighted by Crippen LogP contribution is 2.17. The van der Waals surface area contributed by atoms with Crippen LogP contribution in [0.4, 0.5) is 5.69 Å². The van der Waals surface area contributed by atoms with Crippen molar-refractivity contribution in [3.63, 3.8) is 0 Å². The fourth-order valence-electron chi connectivity index (χ4n) is 2.83. The van der Waals surface area contributed by atoms with Gasteiger partial charge in [0.25, 0.3) is 0 Å². The third-order valence-electron chi connectivity index (χ3n) is 4.66. The number of rotatable bonds is 11. The van der Waals surface area contributed by atoms with Crippen LogP contribution in [0, 0.1) is 6.92 Å². The fourth-order valence-corrected chi connectivity index (χ4v) is 3.54. The molecule has 174 valence electrons. The number of guanidine groups is 1. The number of nitrogens with zero attached hydrogens (tertiary/aromatic N) is 4. The van der Waals surface area contributed by atoms with E-state index >= 15 is 0 Å². The molecule has 0 bridgehead atoms. The minimum absolute atomic E-state index is 0. The Kier molecular flexibility index (Phi) is 11.5. The number of hydrogen-bond donors (Lipinski definition) is 2. The molecule has 2 N–H and O–H groups in total. The molecular formula is C22H31IN6O2S. The molecular weight excluding hydrogens is 539 g/mol. The maximum atomic E-state index is 5.81. The van der Waals surface area contributed by atoms with Gasteiger partial charge < -0.3 is 24.7 Å². The molecule has 0 fully saturated rings. The molecule has 1 aromatic carbocycles. The molecule has 0 amide bonds. The van der Waals surface area contributed by atoms with Crippen LogP contribution in [0.3, 0.4) is 0 Å². The average Bonchev–Trinajstić information content (AvgIpc) is 3.40. The van der Waals surface area contributed by atoms with Crippen molar-refractivity contribution in [2.45, 2.75) is 26.3 Å². The van der Waals surface area contributed by atoms with Gasteiger partial charge in [-0.2, -0.15) is 0 Å². The number of halogens is 1. The number of thiophene rings is 1. The lowest BCUT2D eigenvalue weighted by atomic mass is 10.3. The van der Waals surface area contributed by atoms with Crippen molar-refractivity contribution in [2.24, 2.45) is 12.0 Å². The third kappa shape index (κ3) is 8.40. The van der Waals surface area contributed by atoms with Gasteiger partial charge in [0.05, 0.1) is 6.61 Å². The van der Waals surface area contributed by atoms with Crippen LogP contribution in [0.25, 0.3) is 0 Å². The van der Waals surface area contributed by atoms with Crippen molar-refractivity contribution >= 4 is 47.0 Å². The summed E-state index contributed by atoms with van der Waals surface area (Å²) in [6.07, 6.45) is 1.78. The van der Waals surface area contributed by atoms with Gasteiger partial charge in [-0.3, -0.25) is 0 Å². The summed E-state index contributed by atoms with van der Waals surface area (Å²) in [4.78, 5) is 6.05. The second-order valence-corrected chi connectivity index (χ2v) is 8.02. The van der Waals surface area contributed by atoms with E-state index in [0.717, 1.165) is 42.5 Å². The molecule has 2 heterocycles. The summed E-state index contributed by atoms with van der Waals surface area (Å²) in [5.41, 5.74) is 0.903. The first-order chi connectivity index (χ1) is 15.2. The lowest BCUT2D eigenvalue weighted by Gasteiger charge is -2.14. The van der Waals surface area contributed by atoms with E-state index in [9.17, 15) is 0 Å². The molecule has 0 unspecified atom stereocenters. The molecule has 0 atom stereocenters. The third-order valence-corrected chi connectivity index (χ3v) is 5.60. The molecule has 0 saturated carbocycles. The highest BCUT2D eigenvalue weighted by Gasteiger charge is 2.07. The van der Waals surface area contributed by atoms with Crippen molar-refractivity contribution in [1.82, 2.24) is 20.1 Å². The van der Waals surface area contributed by atoms with E-state index in [0.29, 0.717) is 25.7 Å². The number of aryl methyl sites for hydroxylation is 1. The number of benzene rings is 1. The zero-order valence-corrected chi connectivity index (χ0v) is 21.9. The summed E-state index contributed by atoms with van der Waals surface area (Å²) in [5, 5.41) is 17.2. The van der Waals surface area contributed by atoms with Gasteiger partial charge in [0.15, 0.2) is 11.8 Å². The molecule has 3 rings (SSSR count). The standard InChI is InChI=1S/C22H30N6O2S.HI/c1-17-26-27-21(28(17)2)16-24-22(23-11-10-20-9-5-14-31-20)25-18-7-4-8-19(15-18)30-13-6-12-29-3;/h4-5,7-9,14-15H,6,10-13,16H2,1-3H3,(H2,23,24,25);1H. The molecule has 0 aliphatic carbocycles. The van der Waals surface area contributed by atoms with Crippen molar-refractivity contribution in [2.75, 3.05) is 32.2 Å². The quantitative estimate of drug-likeness (QED) is 0.157. The molecule has 8 nitrogen and oxygen atoms in total. The van der Waals surface area contributed by atoms with E-state index in [2.05, 4.69) is 38.3 Å². The van der Waals surface area contributed by atoms with E-state index in [1.54, 1.807) is 18.4 Å². The number of nitrogens with one attached hydrogen (secondary N) is 2. The largest absolute Gasteiger partial charge is 0.493 e. The van der Waals surface area contributed by atoms with E-state index in [-0.39, 0.29) is 24.0 Å². The second kappa shape index (κ2) is 14.1. The Morgan fingerprint density at radius 1 is 1.19 bits per heavy atom. The minimum Gasteiger partial charge on any atom is -0.493 e. The van der Waals surface area contributed by atoms with Crippen molar-refractivity contribution < 1.29 is 9.47 Å². The molecule has 0 radical (unpaired) electrons. The first kappa shape index (κ1) is 26.1. The number of methoxy groups -OCH3 is 1. The van der Waals surface area contributed by atoms with Crippen LogP contribution < -0.4 is 15.4 Å². The number of aliphatic imine (C=N–C) groups is 1. The number of aromatic nitrogens is 3. The Labute approximate surface area is 210 Å². The molecule has 10 heteroatoms. The predicted octanol–water partition coefficient (Wildman–Crippen LogP) is 4.02. The van der Waals surface area contributed by atoms with Crippen LogP contribution in [-0.2, 0) is 24.8 Å². The number of anilines is 1. The van der Waals surface area contributed by atoms with Gasteiger partial charge in [0.2, 0.25) is 0 Å². The topological polar surface area (TPSA) is 85.6 Å². The van der Waals surface area contributed by atoms with Crippen LogP contribution in [0.15, 0.2) is 46.8 Å². The summed E-state index contributed by atoms with van der Waals surface area (Å²) in [6.45, 7) is 4.43. The zero-order valence-electron chi connectivity index (χ0n) is 18.7. The lowest BCUT2D eigenvalue weighted by molar-refractivity contribution is 0.172. The average molecular weight is 571 g/mol. The lowest BCUT2D eigenvalue weighted by Crippen LogP contribution is -2.32. The first-order valence-corrected chi connectivity index (χ1v) is 11.2. The normalized spacial score (nSPS) is 11.2.